The van der Waals surface area contributed by atoms with E-state index in [1.165, 1.54) is 7.11 Å². The van der Waals surface area contributed by atoms with Crippen LogP contribution in [0, 0.1) is 5.92 Å². The molecule has 0 saturated carbocycles. The van der Waals surface area contributed by atoms with E-state index in [2.05, 4.69) is 4.74 Å². The molecule has 0 aliphatic carbocycles. The molecule has 2 N–H and O–H groups in total. The highest BCUT2D eigenvalue weighted by Gasteiger charge is 2.09. The number of methoxy groups -OCH3 is 1. The maximum atomic E-state index is 10.7. The molecule has 0 heterocycles. The molecule has 0 aromatic rings. The summed E-state index contributed by atoms with van der Waals surface area (Å²) in [5.74, 6) is 0.251. The molecule has 74 valence electrons. The van der Waals surface area contributed by atoms with Crippen LogP contribution in [0.4, 0.5) is 0 Å². The van der Waals surface area contributed by atoms with Crippen molar-refractivity contribution in [3.63, 3.8) is 0 Å². The molecule has 3 nitrogen and oxygen atoms in total. The van der Waals surface area contributed by atoms with Crippen LogP contribution in [0.1, 0.15) is 26.7 Å². The molecule has 0 aliphatic rings. The van der Waals surface area contributed by atoms with Gasteiger partial charge in [-0.2, -0.15) is 0 Å². The van der Waals surface area contributed by atoms with E-state index in [0.717, 1.165) is 0 Å². The molecule has 0 aromatic carbocycles. The average Bonchev–Trinajstić information content (AvgIpc) is 1.99. The minimum atomic E-state index is -0.180. The van der Waals surface area contributed by atoms with Crippen LogP contribution in [0.5, 0.6) is 0 Å². The van der Waals surface area contributed by atoms with Gasteiger partial charge in [0.2, 0.25) is 0 Å². The predicted molar refractivity (Wildman–Crippen MR) is 51.3 cm³/mol. The first-order valence-electron chi connectivity index (χ1n) is 3.90. The van der Waals surface area contributed by atoms with Gasteiger partial charge in [-0.25, -0.2) is 0 Å². The van der Waals surface area contributed by atoms with E-state index < -0.39 is 0 Å². The fraction of sp³-hybridized carbons (Fsp3) is 0.875. The van der Waals surface area contributed by atoms with Crippen LogP contribution >= 0.6 is 12.4 Å². The number of hydrogen-bond acceptors (Lipinski definition) is 3. The average molecular weight is 196 g/mol. The van der Waals surface area contributed by atoms with Gasteiger partial charge >= 0.3 is 5.97 Å². The Bertz CT molecular complexity index is 128. The standard InChI is InChI=1S/C8H17NO2.ClH/c1-6(2)7(9)4-5-8(10)11-3;/h6-7H,4-5,9H2,1-3H3;1H/t7-;/m0./s1. The van der Waals surface area contributed by atoms with Crippen LogP contribution < -0.4 is 5.73 Å². The summed E-state index contributed by atoms with van der Waals surface area (Å²) in [6, 6.07) is 0.106. The van der Waals surface area contributed by atoms with Crippen molar-refractivity contribution in [2.24, 2.45) is 11.7 Å². The number of carbonyl (C=O) groups excluding carboxylic acids is 1. The number of ether oxygens (including phenoxy) is 1. The van der Waals surface area contributed by atoms with Crippen LogP contribution in [0.15, 0.2) is 0 Å². The van der Waals surface area contributed by atoms with Crippen LogP contribution in [0.2, 0.25) is 0 Å². The van der Waals surface area contributed by atoms with Crippen LogP contribution in [0.25, 0.3) is 0 Å². The molecule has 0 aliphatic heterocycles. The molecular weight excluding hydrogens is 178 g/mol. The number of halogens is 1. The van der Waals surface area contributed by atoms with E-state index in [-0.39, 0.29) is 24.4 Å². The van der Waals surface area contributed by atoms with E-state index in [0.29, 0.717) is 18.8 Å². The Labute approximate surface area is 80.1 Å². The molecular formula is C8H18ClNO2. The maximum Gasteiger partial charge on any atom is 0.305 e. The highest BCUT2D eigenvalue weighted by Crippen LogP contribution is 2.05. The van der Waals surface area contributed by atoms with Gasteiger partial charge in [0.1, 0.15) is 0 Å². The van der Waals surface area contributed by atoms with Crippen molar-refractivity contribution in [1.82, 2.24) is 0 Å². The lowest BCUT2D eigenvalue weighted by atomic mass is 10.0. The molecule has 0 unspecified atom stereocenters. The Morgan fingerprint density at radius 1 is 1.50 bits per heavy atom. The zero-order valence-corrected chi connectivity index (χ0v) is 8.69. The van der Waals surface area contributed by atoms with Gasteiger partial charge in [-0.15, -0.1) is 12.4 Å². The molecule has 1 atom stereocenters. The Morgan fingerprint density at radius 2 is 2.00 bits per heavy atom. The third-order valence-corrected chi connectivity index (χ3v) is 1.77. The molecule has 0 radical (unpaired) electrons. The highest BCUT2D eigenvalue weighted by atomic mass is 35.5. The molecule has 0 fully saturated rings. The zero-order chi connectivity index (χ0) is 8.85. The SMILES string of the molecule is COC(=O)CC[C@H](N)C(C)C.Cl. The fourth-order valence-electron chi connectivity index (χ4n) is 0.720. The number of esters is 1. The van der Waals surface area contributed by atoms with Crippen molar-refractivity contribution in [1.29, 1.82) is 0 Å². The summed E-state index contributed by atoms with van der Waals surface area (Å²) in [7, 11) is 1.39. The van der Waals surface area contributed by atoms with Crippen molar-refractivity contribution < 1.29 is 9.53 Å². The normalized spacial score (nSPS) is 12.1. The summed E-state index contributed by atoms with van der Waals surface area (Å²) in [6.07, 6.45) is 1.14. The van der Waals surface area contributed by atoms with Gasteiger partial charge in [0.25, 0.3) is 0 Å². The minimum Gasteiger partial charge on any atom is -0.469 e. The number of carbonyl (C=O) groups is 1. The van der Waals surface area contributed by atoms with E-state index >= 15 is 0 Å². The van der Waals surface area contributed by atoms with Crippen LogP contribution in [-0.4, -0.2) is 19.1 Å². The Kier molecular flexibility index (Phi) is 8.76. The van der Waals surface area contributed by atoms with Gasteiger partial charge in [-0.3, -0.25) is 4.79 Å². The highest BCUT2D eigenvalue weighted by molar-refractivity contribution is 5.85. The first-order valence-corrected chi connectivity index (χ1v) is 3.90. The molecule has 12 heavy (non-hydrogen) atoms. The molecule has 0 spiro atoms. The van der Waals surface area contributed by atoms with Crippen molar-refractivity contribution in [2.45, 2.75) is 32.7 Å². The summed E-state index contributed by atoms with van der Waals surface area (Å²) in [5.41, 5.74) is 5.71. The Balaban J connectivity index is 0. The van der Waals surface area contributed by atoms with Crippen molar-refractivity contribution in [3.8, 4) is 0 Å². The van der Waals surface area contributed by atoms with Gasteiger partial charge in [-0.05, 0) is 12.3 Å². The van der Waals surface area contributed by atoms with Gasteiger partial charge in [0, 0.05) is 12.5 Å². The second kappa shape index (κ2) is 7.37. The van der Waals surface area contributed by atoms with Crippen LogP contribution in [0.3, 0.4) is 0 Å². The fourth-order valence-corrected chi connectivity index (χ4v) is 0.720. The van der Waals surface area contributed by atoms with Crippen molar-refractivity contribution in [3.05, 3.63) is 0 Å². The van der Waals surface area contributed by atoms with Gasteiger partial charge in [-0.1, -0.05) is 13.8 Å². The number of hydrogen-bond donors (Lipinski definition) is 1. The second-order valence-electron chi connectivity index (χ2n) is 3.02. The lowest BCUT2D eigenvalue weighted by Gasteiger charge is -2.13. The van der Waals surface area contributed by atoms with E-state index in [1.54, 1.807) is 0 Å². The van der Waals surface area contributed by atoms with E-state index in [9.17, 15) is 4.79 Å². The lowest BCUT2D eigenvalue weighted by molar-refractivity contribution is -0.140. The molecule has 0 aromatic heterocycles. The quantitative estimate of drug-likeness (QED) is 0.689. The molecule has 0 saturated heterocycles. The summed E-state index contributed by atoms with van der Waals surface area (Å²) in [5, 5.41) is 0. The predicted octanol–water partition coefficient (Wildman–Crippen LogP) is 1.34. The third kappa shape index (κ3) is 6.43. The zero-order valence-electron chi connectivity index (χ0n) is 7.87. The maximum absolute atomic E-state index is 10.7. The Morgan fingerprint density at radius 3 is 2.33 bits per heavy atom. The minimum absolute atomic E-state index is 0. The Hall–Kier alpha value is -0.280. The van der Waals surface area contributed by atoms with Crippen molar-refractivity contribution >= 4 is 18.4 Å². The van der Waals surface area contributed by atoms with Gasteiger partial charge < -0.3 is 10.5 Å². The van der Waals surface area contributed by atoms with Crippen LogP contribution in [-0.2, 0) is 9.53 Å². The molecule has 0 bridgehead atoms. The lowest BCUT2D eigenvalue weighted by Crippen LogP contribution is -2.27. The summed E-state index contributed by atoms with van der Waals surface area (Å²) in [6.45, 7) is 4.09. The molecule has 4 heteroatoms. The second-order valence-corrected chi connectivity index (χ2v) is 3.02. The van der Waals surface area contributed by atoms with Gasteiger partial charge in [0.15, 0.2) is 0 Å². The van der Waals surface area contributed by atoms with E-state index in [4.69, 9.17) is 5.73 Å². The summed E-state index contributed by atoms with van der Waals surface area (Å²) in [4.78, 5) is 10.7. The molecule has 0 rings (SSSR count). The van der Waals surface area contributed by atoms with Gasteiger partial charge in [0.05, 0.1) is 7.11 Å². The summed E-state index contributed by atoms with van der Waals surface area (Å²) >= 11 is 0. The third-order valence-electron chi connectivity index (χ3n) is 1.77. The first kappa shape index (κ1) is 14.3. The first-order chi connectivity index (χ1) is 5.07. The monoisotopic (exact) mass is 195 g/mol. The smallest absolute Gasteiger partial charge is 0.305 e. The number of nitrogens with two attached hydrogens (primary N) is 1. The molecule has 0 amide bonds. The van der Waals surface area contributed by atoms with Crippen molar-refractivity contribution in [2.75, 3.05) is 7.11 Å². The number of rotatable bonds is 4. The summed E-state index contributed by atoms with van der Waals surface area (Å²) < 4.78 is 4.49. The topological polar surface area (TPSA) is 52.3 Å². The largest absolute Gasteiger partial charge is 0.469 e. The van der Waals surface area contributed by atoms with E-state index in [1.807, 2.05) is 13.8 Å².